The van der Waals surface area contributed by atoms with E-state index in [4.69, 9.17) is 14.5 Å². The lowest BCUT2D eigenvalue weighted by Gasteiger charge is -2.31. The van der Waals surface area contributed by atoms with E-state index in [0.29, 0.717) is 24.0 Å². The number of rotatable bonds is 9. The Balaban J connectivity index is 1.31. The van der Waals surface area contributed by atoms with Crippen LogP contribution in [0.5, 0.6) is 11.5 Å². The summed E-state index contributed by atoms with van der Waals surface area (Å²) in [6, 6.07) is 5.46. The Morgan fingerprint density at radius 3 is 2.72 bits per heavy atom. The van der Waals surface area contributed by atoms with Crippen molar-refractivity contribution in [3.05, 3.63) is 52.2 Å². The largest absolute Gasteiger partial charge is 0.495 e. The van der Waals surface area contributed by atoms with Gasteiger partial charge in [0, 0.05) is 42.8 Å². The fourth-order valence-corrected chi connectivity index (χ4v) is 5.13. The highest BCUT2D eigenvalue weighted by molar-refractivity contribution is 8.12. The molecular weight excluding hydrogens is 444 g/mol. The number of thiazole rings is 1. The van der Waals surface area contributed by atoms with Gasteiger partial charge in [-0.15, -0.1) is 11.3 Å². The predicted octanol–water partition coefficient (Wildman–Crippen LogP) is 4.75. The third-order valence-electron chi connectivity index (χ3n) is 5.49. The third-order valence-corrected chi connectivity index (χ3v) is 7.24. The first kappa shape index (κ1) is 22.5. The second-order valence-electron chi connectivity index (χ2n) is 7.50. The minimum atomic E-state index is 0.399. The van der Waals surface area contributed by atoms with Crippen LogP contribution in [0.3, 0.4) is 0 Å². The molecule has 3 aromatic rings. The molecule has 1 aliphatic heterocycles. The van der Waals surface area contributed by atoms with Gasteiger partial charge in [0.2, 0.25) is 5.95 Å². The molecule has 0 amide bonds. The fraction of sp³-hybridized carbons (Fsp3) is 0.391. The number of benzene rings is 1. The maximum Gasteiger partial charge on any atom is 0.225 e. The van der Waals surface area contributed by atoms with Crippen LogP contribution in [0, 0.1) is 0 Å². The van der Waals surface area contributed by atoms with E-state index in [9.17, 15) is 4.79 Å². The van der Waals surface area contributed by atoms with Crippen LogP contribution in [-0.2, 0) is 17.8 Å². The molecule has 1 fully saturated rings. The first-order valence-corrected chi connectivity index (χ1v) is 12.4. The molecule has 1 saturated heterocycles. The molecule has 0 unspecified atom stereocenters. The minimum absolute atomic E-state index is 0.399. The van der Waals surface area contributed by atoms with Crippen molar-refractivity contribution in [2.45, 2.75) is 43.6 Å². The van der Waals surface area contributed by atoms with Crippen molar-refractivity contribution in [1.82, 2.24) is 15.0 Å². The van der Waals surface area contributed by atoms with Crippen molar-refractivity contribution in [2.75, 3.05) is 25.1 Å². The first-order chi connectivity index (χ1) is 15.7. The van der Waals surface area contributed by atoms with E-state index in [1.54, 1.807) is 24.5 Å². The van der Waals surface area contributed by atoms with Crippen LogP contribution in [-0.4, -0.2) is 40.8 Å². The number of ether oxygens (including phenoxy) is 2. The van der Waals surface area contributed by atoms with Crippen LogP contribution in [0.25, 0.3) is 0 Å². The van der Waals surface area contributed by atoms with Gasteiger partial charge in [-0.2, -0.15) is 0 Å². The summed E-state index contributed by atoms with van der Waals surface area (Å²) in [5.74, 6) is 2.59. The summed E-state index contributed by atoms with van der Waals surface area (Å²) in [4.78, 5) is 27.6. The van der Waals surface area contributed by atoms with Gasteiger partial charge in [0.15, 0.2) is 5.62 Å². The van der Waals surface area contributed by atoms with Crippen LogP contribution < -0.4 is 14.4 Å². The van der Waals surface area contributed by atoms with Crippen LogP contribution in [0.4, 0.5) is 5.95 Å². The van der Waals surface area contributed by atoms with E-state index >= 15 is 0 Å². The third kappa shape index (κ3) is 5.39. The highest BCUT2D eigenvalue weighted by Crippen LogP contribution is 2.33. The van der Waals surface area contributed by atoms with Gasteiger partial charge in [-0.05, 0) is 37.0 Å². The Morgan fingerprint density at radius 1 is 1.25 bits per heavy atom. The number of thioether (sulfide) groups is 1. The summed E-state index contributed by atoms with van der Waals surface area (Å²) in [6.07, 6.45) is 6.88. The number of aryl methyl sites for hydroxylation is 1. The maximum atomic E-state index is 10.7. The normalized spacial score (nSPS) is 14.4. The highest BCUT2D eigenvalue weighted by atomic mass is 32.2. The van der Waals surface area contributed by atoms with Gasteiger partial charge in [-0.3, -0.25) is 4.79 Å². The molecule has 32 heavy (non-hydrogen) atoms. The van der Waals surface area contributed by atoms with E-state index in [1.165, 1.54) is 5.01 Å². The lowest BCUT2D eigenvalue weighted by Crippen LogP contribution is -2.34. The van der Waals surface area contributed by atoms with Gasteiger partial charge in [-0.25, -0.2) is 15.0 Å². The number of carbonyl (C=O) groups is 1. The number of anilines is 1. The first-order valence-electron chi connectivity index (χ1n) is 10.6. The van der Waals surface area contributed by atoms with Crippen molar-refractivity contribution in [2.24, 2.45) is 0 Å². The van der Waals surface area contributed by atoms with Gasteiger partial charge >= 0.3 is 0 Å². The second-order valence-corrected chi connectivity index (χ2v) is 9.26. The maximum absolute atomic E-state index is 10.7. The van der Waals surface area contributed by atoms with E-state index in [2.05, 4.69) is 27.2 Å². The molecule has 1 aromatic carbocycles. The number of carbonyl (C=O) groups excluding carboxylic acids is 1. The van der Waals surface area contributed by atoms with Gasteiger partial charge in [0.1, 0.15) is 18.1 Å². The van der Waals surface area contributed by atoms with Crippen LogP contribution in [0.2, 0.25) is 0 Å². The zero-order valence-corrected chi connectivity index (χ0v) is 19.8. The van der Waals surface area contributed by atoms with E-state index in [-0.39, 0.29) is 0 Å². The van der Waals surface area contributed by atoms with Crippen molar-refractivity contribution in [1.29, 1.82) is 0 Å². The SMILES string of the molecule is CCc1cnc(N2CCC(c3nc(COc4ccc(SC=O)c(OC)c4)cs3)CC2)nc1. The summed E-state index contributed by atoms with van der Waals surface area (Å²) in [6.45, 7) is 4.38. The molecule has 168 valence electrons. The summed E-state index contributed by atoms with van der Waals surface area (Å²) in [7, 11) is 1.58. The van der Waals surface area contributed by atoms with Crippen molar-refractivity contribution in [3.8, 4) is 11.5 Å². The molecule has 0 saturated carbocycles. The smallest absolute Gasteiger partial charge is 0.225 e. The predicted molar refractivity (Wildman–Crippen MR) is 128 cm³/mol. The quantitative estimate of drug-likeness (QED) is 0.328. The molecule has 4 rings (SSSR count). The van der Waals surface area contributed by atoms with Crippen molar-refractivity contribution >= 4 is 34.7 Å². The summed E-state index contributed by atoms with van der Waals surface area (Å²) < 4.78 is 11.2. The molecule has 9 heteroatoms. The topological polar surface area (TPSA) is 77.4 Å². The lowest BCUT2D eigenvalue weighted by molar-refractivity contribution is 0.298. The van der Waals surface area contributed by atoms with E-state index in [0.717, 1.165) is 71.8 Å². The minimum Gasteiger partial charge on any atom is -0.495 e. The number of piperidine rings is 1. The molecular formula is C23H26N4O3S2. The lowest BCUT2D eigenvalue weighted by atomic mass is 9.98. The zero-order chi connectivity index (χ0) is 22.3. The Morgan fingerprint density at radius 2 is 2.03 bits per heavy atom. The van der Waals surface area contributed by atoms with Crippen molar-refractivity contribution in [3.63, 3.8) is 0 Å². The van der Waals surface area contributed by atoms with Crippen molar-refractivity contribution < 1.29 is 14.3 Å². The Labute approximate surface area is 196 Å². The Bertz CT molecular complexity index is 1030. The second kappa shape index (κ2) is 10.8. The molecule has 1 aliphatic rings. The van der Waals surface area contributed by atoms with Gasteiger partial charge in [0.05, 0.1) is 22.7 Å². The molecule has 0 bridgehead atoms. The van der Waals surface area contributed by atoms with Gasteiger partial charge in [0.25, 0.3) is 0 Å². The number of hydrogen-bond acceptors (Lipinski definition) is 9. The number of methoxy groups -OCH3 is 1. The number of nitrogens with zero attached hydrogens (tertiary/aromatic N) is 4. The summed E-state index contributed by atoms with van der Waals surface area (Å²) in [5.41, 5.74) is 2.88. The number of hydrogen-bond donors (Lipinski definition) is 0. The van der Waals surface area contributed by atoms with E-state index in [1.807, 2.05) is 24.5 Å². The molecule has 3 heterocycles. The fourth-order valence-electron chi connectivity index (χ4n) is 3.64. The molecule has 0 atom stereocenters. The average molecular weight is 471 g/mol. The van der Waals surface area contributed by atoms with Gasteiger partial charge < -0.3 is 14.4 Å². The summed E-state index contributed by atoms with van der Waals surface area (Å²) in [5, 5.41) is 3.24. The van der Waals surface area contributed by atoms with Gasteiger partial charge in [-0.1, -0.05) is 18.7 Å². The van der Waals surface area contributed by atoms with Crippen LogP contribution in [0.1, 0.15) is 41.9 Å². The Kier molecular flexibility index (Phi) is 7.59. The monoisotopic (exact) mass is 470 g/mol. The Hall–Kier alpha value is -2.65. The van der Waals surface area contributed by atoms with E-state index < -0.39 is 0 Å². The highest BCUT2D eigenvalue weighted by Gasteiger charge is 2.24. The standard InChI is InChI=1S/C23H26N4O3S2/c1-3-16-11-24-23(25-12-16)27-8-6-17(7-9-27)22-26-18(14-31-22)13-30-19-4-5-21(32-15-28)20(10-19)29-2/h4-5,10-12,14-15,17H,3,6-9,13H2,1-2H3. The molecule has 0 N–H and O–H groups in total. The van der Waals surface area contributed by atoms with Crippen LogP contribution >= 0.6 is 23.1 Å². The molecule has 0 radical (unpaired) electrons. The molecule has 2 aromatic heterocycles. The number of aromatic nitrogens is 3. The van der Waals surface area contributed by atoms with Crippen LogP contribution in [0.15, 0.2) is 40.9 Å². The summed E-state index contributed by atoms with van der Waals surface area (Å²) >= 11 is 2.79. The average Bonchev–Trinajstić information content (AvgIpc) is 3.33. The zero-order valence-electron chi connectivity index (χ0n) is 18.2. The molecule has 7 nitrogen and oxygen atoms in total. The molecule has 0 spiro atoms. The molecule has 0 aliphatic carbocycles.